The lowest BCUT2D eigenvalue weighted by atomic mass is 9.96. The van der Waals surface area contributed by atoms with Gasteiger partial charge >= 0.3 is 6.09 Å². The highest BCUT2D eigenvalue weighted by molar-refractivity contribution is 6.34. The fourth-order valence-electron chi connectivity index (χ4n) is 5.07. The summed E-state index contributed by atoms with van der Waals surface area (Å²) in [4.78, 5) is 43.7. The molecule has 0 aromatic heterocycles. The molecule has 0 fully saturated rings. The predicted molar refractivity (Wildman–Crippen MR) is 181 cm³/mol. The van der Waals surface area contributed by atoms with Crippen molar-refractivity contribution in [3.8, 4) is 12.3 Å². The van der Waals surface area contributed by atoms with E-state index in [0.717, 1.165) is 30.4 Å². The van der Waals surface area contributed by atoms with Crippen LogP contribution in [0.3, 0.4) is 0 Å². The van der Waals surface area contributed by atoms with Crippen LogP contribution in [0.1, 0.15) is 81.7 Å². The Labute approximate surface area is 272 Å². The zero-order valence-electron chi connectivity index (χ0n) is 26.9. The third-order valence-corrected chi connectivity index (χ3v) is 7.56. The fourth-order valence-corrected chi connectivity index (χ4v) is 5.34. The monoisotopic (exact) mass is 629 g/mol. The number of terminal acetylenes is 1. The van der Waals surface area contributed by atoms with E-state index in [0.29, 0.717) is 28.3 Å². The molecule has 0 saturated carbocycles. The number of nitrogens with zero attached hydrogens (tertiary/aromatic N) is 1. The Hall–Kier alpha value is -4.28. The average Bonchev–Trinajstić information content (AvgIpc) is 2.99. The van der Waals surface area contributed by atoms with E-state index in [9.17, 15) is 14.4 Å². The standard InChI is InChI=1S/C37H44ClN3O4/c1-7-9-10-16-24-41(35(43)31(25-27-19-12-11-13-20-27)39-36(44)45-37(4,5)6)33(29-22-15-14-21-28(29)8-2)34(42)40-32-26(3)18-17-23-30(32)38/h2,11-15,17-23,31,33H,7,9-10,16,24-25H2,1,3-6H3,(H,39,44)(H,40,42). The topological polar surface area (TPSA) is 87.7 Å². The second-order valence-electron chi connectivity index (χ2n) is 12.0. The van der Waals surface area contributed by atoms with Crippen LogP contribution in [0.25, 0.3) is 0 Å². The highest BCUT2D eigenvalue weighted by Gasteiger charge is 2.37. The number of nitrogens with one attached hydrogen (secondary N) is 2. The van der Waals surface area contributed by atoms with Gasteiger partial charge in [0.2, 0.25) is 5.91 Å². The number of alkyl carbamates (subject to hydrolysis) is 1. The summed E-state index contributed by atoms with van der Waals surface area (Å²) in [6, 6.07) is 19.7. The lowest BCUT2D eigenvalue weighted by Crippen LogP contribution is -2.53. The van der Waals surface area contributed by atoms with Crippen molar-refractivity contribution in [3.05, 3.63) is 100 Å². The molecule has 0 saturated heterocycles. The third-order valence-electron chi connectivity index (χ3n) is 7.25. The maximum atomic E-state index is 14.7. The molecule has 0 spiro atoms. The van der Waals surface area contributed by atoms with Crippen molar-refractivity contribution in [2.24, 2.45) is 0 Å². The van der Waals surface area contributed by atoms with Crippen molar-refractivity contribution < 1.29 is 19.1 Å². The summed E-state index contributed by atoms with van der Waals surface area (Å²) in [6.45, 7) is 9.49. The van der Waals surface area contributed by atoms with E-state index in [1.807, 2.05) is 43.3 Å². The van der Waals surface area contributed by atoms with E-state index in [4.69, 9.17) is 22.8 Å². The fraction of sp³-hybridized carbons (Fsp3) is 0.378. The number of halogens is 1. The van der Waals surface area contributed by atoms with Crippen molar-refractivity contribution in [1.82, 2.24) is 10.2 Å². The lowest BCUT2D eigenvalue weighted by molar-refractivity contribution is -0.140. The quantitative estimate of drug-likeness (QED) is 0.149. The van der Waals surface area contributed by atoms with Gasteiger partial charge < -0.3 is 20.3 Å². The molecule has 0 heterocycles. The van der Waals surface area contributed by atoms with Gasteiger partial charge in [-0.15, -0.1) is 6.42 Å². The molecule has 3 aromatic carbocycles. The zero-order chi connectivity index (χ0) is 33.0. The van der Waals surface area contributed by atoms with Crippen LogP contribution in [0.2, 0.25) is 5.02 Å². The molecule has 3 rings (SSSR count). The van der Waals surface area contributed by atoms with Crippen molar-refractivity contribution in [3.63, 3.8) is 0 Å². The number of anilines is 1. The van der Waals surface area contributed by atoms with Crippen LogP contribution >= 0.6 is 11.6 Å². The molecule has 0 aliphatic rings. The van der Waals surface area contributed by atoms with Gasteiger partial charge in [0.25, 0.3) is 5.91 Å². The summed E-state index contributed by atoms with van der Waals surface area (Å²) in [7, 11) is 0. The minimum atomic E-state index is -1.11. The van der Waals surface area contributed by atoms with Crippen LogP contribution in [-0.4, -0.2) is 41.0 Å². The Kier molecular flexibility index (Phi) is 13.1. The summed E-state index contributed by atoms with van der Waals surface area (Å²) >= 11 is 6.51. The molecule has 0 bridgehead atoms. The number of para-hydroxylation sites is 1. The number of rotatable bonds is 13. The highest BCUT2D eigenvalue weighted by atomic mass is 35.5. The van der Waals surface area contributed by atoms with E-state index in [2.05, 4.69) is 23.5 Å². The van der Waals surface area contributed by atoms with Gasteiger partial charge in [-0.05, 0) is 62.9 Å². The summed E-state index contributed by atoms with van der Waals surface area (Å²) in [5.41, 5.74) is 2.29. The molecule has 2 atom stereocenters. The van der Waals surface area contributed by atoms with Crippen molar-refractivity contribution in [2.45, 2.75) is 84.4 Å². The van der Waals surface area contributed by atoms with Crippen molar-refractivity contribution in [1.29, 1.82) is 0 Å². The maximum Gasteiger partial charge on any atom is 0.408 e. The maximum absolute atomic E-state index is 14.7. The van der Waals surface area contributed by atoms with Gasteiger partial charge in [-0.2, -0.15) is 0 Å². The largest absolute Gasteiger partial charge is 0.444 e. The number of aryl methyl sites for hydroxylation is 1. The molecule has 0 radical (unpaired) electrons. The predicted octanol–water partition coefficient (Wildman–Crippen LogP) is 7.85. The Morgan fingerprint density at radius 3 is 2.29 bits per heavy atom. The van der Waals surface area contributed by atoms with Gasteiger partial charge in [-0.1, -0.05) is 104 Å². The molecular formula is C37H44ClN3O4. The summed E-state index contributed by atoms with van der Waals surface area (Å²) in [5, 5.41) is 6.16. The molecule has 0 aliphatic carbocycles. The molecule has 2 unspecified atom stereocenters. The molecule has 45 heavy (non-hydrogen) atoms. The van der Waals surface area contributed by atoms with E-state index < -0.39 is 35.6 Å². The van der Waals surface area contributed by atoms with Crippen LogP contribution in [0.4, 0.5) is 10.5 Å². The van der Waals surface area contributed by atoms with Gasteiger partial charge in [-0.25, -0.2) is 4.79 Å². The van der Waals surface area contributed by atoms with Crippen LogP contribution < -0.4 is 10.6 Å². The molecule has 7 nitrogen and oxygen atoms in total. The van der Waals surface area contributed by atoms with Gasteiger partial charge in [0.15, 0.2) is 0 Å². The highest BCUT2D eigenvalue weighted by Crippen LogP contribution is 2.31. The third kappa shape index (κ3) is 10.4. The molecule has 3 amide bonds. The van der Waals surface area contributed by atoms with Crippen LogP contribution in [0.15, 0.2) is 72.8 Å². The van der Waals surface area contributed by atoms with Crippen LogP contribution in [-0.2, 0) is 20.7 Å². The normalized spacial score (nSPS) is 12.4. The Morgan fingerprint density at radius 2 is 1.64 bits per heavy atom. The van der Waals surface area contributed by atoms with Gasteiger partial charge in [0, 0.05) is 18.5 Å². The Bertz CT molecular complexity index is 1470. The van der Waals surface area contributed by atoms with Gasteiger partial charge in [-0.3, -0.25) is 9.59 Å². The first-order valence-electron chi connectivity index (χ1n) is 15.4. The zero-order valence-corrected chi connectivity index (χ0v) is 27.6. The Morgan fingerprint density at radius 1 is 0.956 bits per heavy atom. The molecule has 3 aromatic rings. The van der Waals surface area contributed by atoms with Crippen molar-refractivity contribution in [2.75, 3.05) is 11.9 Å². The molecule has 8 heteroatoms. The number of unbranched alkanes of at least 4 members (excludes halogenated alkanes) is 3. The molecule has 238 valence electrons. The van der Waals surface area contributed by atoms with Crippen LogP contribution in [0.5, 0.6) is 0 Å². The molecule has 0 aliphatic heterocycles. The van der Waals surface area contributed by atoms with Gasteiger partial charge in [0.1, 0.15) is 17.7 Å². The van der Waals surface area contributed by atoms with E-state index >= 15 is 0 Å². The summed E-state index contributed by atoms with van der Waals surface area (Å²) in [5.74, 6) is 1.79. The smallest absolute Gasteiger partial charge is 0.408 e. The number of ether oxygens (including phenoxy) is 1. The molecule has 2 N–H and O–H groups in total. The second-order valence-corrected chi connectivity index (χ2v) is 12.4. The number of hydrogen-bond donors (Lipinski definition) is 2. The number of amides is 3. The second kappa shape index (κ2) is 16.7. The van der Waals surface area contributed by atoms with Crippen molar-refractivity contribution >= 4 is 35.2 Å². The average molecular weight is 630 g/mol. The SMILES string of the molecule is C#Cc1ccccc1C(C(=O)Nc1c(C)cccc1Cl)N(CCCCCC)C(=O)C(Cc1ccccc1)NC(=O)OC(C)(C)C. The lowest BCUT2D eigenvalue weighted by Gasteiger charge is -2.35. The van der Waals surface area contributed by atoms with Gasteiger partial charge in [0.05, 0.1) is 10.7 Å². The minimum Gasteiger partial charge on any atom is -0.444 e. The van der Waals surface area contributed by atoms with E-state index in [1.54, 1.807) is 57.2 Å². The summed E-state index contributed by atoms with van der Waals surface area (Å²) < 4.78 is 5.54. The number of carbonyl (C=O) groups excluding carboxylic acids is 3. The van der Waals surface area contributed by atoms with E-state index in [1.165, 1.54) is 4.90 Å². The number of hydrogen-bond acceptors (Lipinski definition) is 4. The number of carbonyl (C=O) groups is 3. The van der Waals surface area contributed by atoms with E-state index in [-0.39, 0.29) is 13.0 Å². The van der Waals surface area contributed by atoms with Crippen LogP contribution in [0, 0.1) is 19.3 Å². The minimum absolute atomic E-state index is 0.194. The summed E-state index contributed by atoms with van der Waals surface area (Å²) in [6.07, 6.45) is 8.87. The number of benzene rings is 3. The first-order chi connectivity index (χ1) is 21.4. The molecular weight excluding hydrogens is 586 g/mol. The first kappa shape index (κ1) is 35.2. The Balaban J connectivity index is 2.14. The first-order valence-corrected chi connectivity index (χ1v) is 15.8.